The first-order chi connectivity index (χ1) is 17.8. The van der Waals surface area contributed by atoms with Gasteiger partial charge < -0.3 is 0 Å². The number of benzene rings is 5. The van der Waals surface area contributed by atoms with Crippen molar-refractivity contribution in [3.63, 3.8) is 0 Å². The molecule has 1 nitrogen and oxygen atoms in total. The fourth-order valence-corrected chi connectivity index (χ4v) is 4.55. The predicted octanol–water partition coefficient (Wildman–Crippen LogP) is 9.42. The minimum Gasteiger partial charge on any atom is -0.248 e. The van der Waals surface area contributed by atoms with Crippen LogP contribution in [0.3, 0.4) is 0 Å². The monoisotopic (exact) mass is 459 g/mol. The van der Waals surface area contributed by atoms with E-state index in [9.17, 15) is 0 Å². The maximum absolute atomic E-state index is 5.10. The van der Waals surface area contributed by atoms with Crippen LogP contribution in [0.4, 0.5) is 0 Å². The van der Waals surface area contributed by atoms with Gasteiger partial charge in [0.05, 0.1) is 11.4 Å². The van der Waals surface area contributed by atoms with Crippen LogP contribution in [-0.2, 0) is 0 Å². The van der Waals surface area contributed by atoms with Crippen LogP contribution < -0.4 is 0 Å². The minimum absolute atomic E-state index is 0.970. The summed E-state index contributed by atoms with van der Waals surface area (Å²) in [6.45, 7) is 0. The molecule has 0 saturated carbocycles. The summed E-state index contributed by atoms with van der Waals surface area (Å²) >= 11 is 0. The smallest absolute Gasteiger partial charge is 0.0715 e. The fraction of sp³-hybridized carbons (Fsp3) is 0. The molecule has 170 valence electrons. The van der Waals surface area contributed by atoms with Crippen LogP contribution in [-0.4, -0.2) is 4.98 Å². The second-order valence-corrected chi connectivity index (χ2v) is 8.88. The number of nitrogens with zero attached hydrogens (tertiary/aromatic N) is 1. The van der Waals surface area contributed by atoms with Gasteiger partial charge in [-0.1, -0.05) is 140 Å². The molecule has 0 bridgehead atoms. The summed E-state index contributed by atoms with van der Waals surface area (Å²) in [5, 5.41) is 0. The molecule has 6 rings (SSSR count). The summed E-state index contributed by atoms with van der Waals surface area (Å²) in [5.41, 5.74) is 11.3. The van der Waals surface area contributed by atoms with Crippen molar-refractivity contribution in [2.45, 2.75) is 0 Å². The highest BCUT2D eigenvalue weighted by molar-refractivity contribution is 5.78. The van der Waals surface area contributed by atoms with E-state index in [1.807, 2.05) is 12.1 Å². The number of hydrogen-bond donors (Lipinski definition) is 0. The van der Waals surface area contributed by atoms with Crippen LogP contribution in [0, 0.1) is 0 Å². The molecule has 5 aromatic carbocycles. The molecule has 0 aliphatic carbocycles. The van der Waals surface area contributed by atoms with Gasteiger partial charge in [-0.25, -0.2) is 4.98 Å². The average molecular weight is 460 g/mol. The highest BCUT2D eigenvalue weighted by atomic mass is 14.7. The van der Waals surface area contributed by atoms with Crippen LogP contribution >= 0.6 is 0 Å². The van der Waals surface area contributed by atoms with Gasteiger partial charge >= 0.3 is 0 Å². The summed E-state index contributed by atoms with van der Waals surface area (Å²) < 4.78 is 0. The van der Waals surface area contributed by atoms with Gasteiger partial charge in [0.2, 0.25) is 0 Å². The summed E-state index contributed by atoms with van der Waals surface area (Å²) in [6.07, 6.45) is 0. The zero-order valence-corrected chi connectivity index (χ0v) is 19.9. The first kappa shape index (κ1) is 21.8. The van der Waals surface area contributed by atoms with Crippen molar-refractivity contribution in [3.8, 4) is 55.9 Å². The van der Waals surface area contributed by atoms with E-state index in [2.05, 4.69) is 140 Å². The van der Waals surface area contributed by atoms with Gasteiger partial charge in [0.25, 0.3) is 0 Å². The quantitative estimate of drug-likeness (QED) is 0.250. The number of pyridine rings is 1. The Bertz CT molecular complexity index is 1470. The van der Waals surface area contributed by atoms with Crippen molar-refractivity contribution < 1.29 is 0 Å². The zero-order valence-electron chi connectivity index (χ0n) is 19.9. The van der Waals surface area contributed by atoms with Crippen LogP contribution in [0.1, 0.15) is 0 Å². The maximum atomic E-state index is 5.10. The molecule has 1 heterocycles. The largest absolute Gasteiger partial charge is 0.248 e. The first-order valence-electron chi connectivity index (χ1n) is 12.2. The molecule has 0 amide bonds. The molecule has 1 aromatic heterocycles. The van der Waals surface area contributed by atoms with Crippen LogP contribution in [0.25, 0.3) is 55.9 Å². The maximum Gasteiger partial charge on any atom is 0.0715 e. The molecule has 0 spiro atoms. The molecule has 0 fully saturated rings. The van der Waals surface area contributed by atoms with E-state index in [1.165, 1.54) is 27.8 Å². The molecule has 0 N–H and O–H groups in total. The highest BCUT2D eigenvalue weighted by Gasteiger charge is 2.10. The highest BCUT2D eigenvalue weighted by Crippen LogP contribution is 2.32. The van der Waals surface area contributed by atoms with Crippen molar-refractivity contribution in [1.82, 2.24) is 4.98 Å². The van der Waals surface area contributed by atoms with Crippen molar-refractivity contribution >= 4 is 0 Å². The van der Waals surface area contributed by atoms with Gasteiger partial charge in [-0.15, -0.1) is 0 Å². The second kappa shape index (κ2) is 9.85. The third kappa shape index (κ3) is 4.60. The third-order valence-corrected chi connectivity index (χ3v) is 6.51. The average Bonchev–Trinajstić information content (AvgIpc) is 2.98. The number of rotatable bonds is 5. The lowest BCUT2D eigenvalue weighted by Crippen LogP contribution is -1.91. The van der Waals surface area contributed by atoms with E-state index in [1.54, 1.807) is 0 Å². The summed E-state index contributed by atoms with van der Waals surface area (Å²) in [7, 11) is 0. The number of hydrogen-bond acceptors (Lipinski definition) is 1. The van der Waals surface area contributed by atoms with Gasteiger partial charge in [0.15, 0.2) is 0 Å². The molecule has 0 saturated heterocycles. The third-order valence-electron chi connectivity index (χ3n) is 6.51. The molecular weight excluding hydrogens is 434 g/mol. The Morgan fingerprint density at radius 2 is 0.528 bits per heavy atom. The Labute approximate surface area is 212 Å². The Morgan fingerprint density at radius 1 is 0.250 bits per heavy atom. The summed E-state index contributed by atoms with van der Waals surface area (Å²) in [4.78, 5) is 5.10. The van der Waals surface area contributed by atoms with E-state index in [0.717, 1.165) is 28.1 Å². The molecule has 0 aliphatic heterocycles. The van der Waals surface area contributed by atoms with Crippen molar-refractivity contribution in [2.75, 3.05) is 0 Å². The van der Waals surface area contributed by atoms with Gasteiger partial charge in [-0.3, -0.25) is 0 Å². The zero-order chi connectivity index (χ0) is 24.2. The van der Waals surface area contributed by atoms with Gasteiger partial charge in [-0.2, -0.15) is 0 Å². The first-order valence-corrected chi connectivity index (χ1v) is 12.2. The fourth-order valence-electron chi connectivity index (χ4n) is 4.55. The van der Waals surface area contributed by atoms with E-state index in [4.69, 9.17) is 4.98 Å². The van der Waals surface area contributed by atoms with Gasteiger partial charge in [-0.05, 0) is 45.5 Å². The van der Waals surface area contributed by atoms with Crippen molar-refractivity contribution in [1.29, 1.82) is 0 Å². The lowest BCUT2D eigenvalue weighted by molar-refractivity contribution is 1.32. The standard InChI is InChI=1S/C35H25N/c1-4-10-26(11-5-1)29-16-20-31(21-17-29)34-24-33(28-14-8-3-9-15-28)25-35(36-34)32-22-18-30(19-23-32)27-12-6-2-7-13-27/h1-25H. The Balaban J connectivity index is 1.41. The topological polar surface area (TPSA) is 12.9 Å². The van der Waals surface area contributed by atoms with Crippen molar-refractivity contribution in [2.24, 2.45) is 0 Å². The second-order valence-electron chi connectivity index (χ2n) is 8.88. The minimum atomic E-state index is 0.970. The molecule has 0 aliphatic rings. The van der Waals surface area contributed by atoms with E-state index in [0.29, 0.717) is 0 Å². The molecule has 6 aromatic rings. The lowest BCUT2D eigenvalue weighted by Gasteiger charge is -2.11. The Kier molecular flexibility index (Phi) is 5.96. The molecule has 1 heteroatoms. The lowest BCUT2D eigenvalue weighted by atomic mass is 9.97. The Morgan fingerprint density at radius 3 is 0.889 bits per heavy atom. The van der Waals surface area contributed by atoms with Gasteiger partial charge in [0, 0.05) is 11.1 Å². The van der Waals surface area contributed by atoms with Crippen molar-refractivity contribution in [3.05, 3.63) is 152 Å². The van der Waals surface area contributed by atoms with E-state index >= 15 is 0 Å². The summed E-state index contributed by atoms with van der Waals surface area (Å²) in [6, 6.07) is 53.2. The van der Waals surface area contributed by atoms with Crippen LogP contribution in [0.15, 0.2) is 152 Å². The molecule has 0 unspecified atom stereocenters. The SMILES string of the molecule is c1ccc(-c2ccc(-c3cc(-c4ccccc4)cc(-c4ccc(-c5ccccc5)cc4)n3)cc2)cc1. The number of aromatic nitrogens is 1. The summed E-state index contributed by atoms with van der Waals surface area (Å²) in [5.74, 6) is 0. The molecule has 0 atom stereocenters. The normalized spacial score (nSPS) is 10.8. The molecule has 36 heavy (non-hydrogen) atoms. The molecular formula is C35H25N. The van der Waals surface area contributed by atoms with Crippen LogP contribution in [0.5, 0.6) is 0 Å². The Hall–Kier alpha value is -4.75. The predicted molar refractivity (Wildman–Crippen MR) is 151 cm³/mol. The molecule has 0 radical (unpaired) electrons. The van der Waals surface area contributed by atoms with E-state index in [-0.39, 0.29) is 0 Å². The van der Waals surface area contributed by atoms with Crippen LogP contribution in [0.2, 0.25) is 0 Å². The van der Waals surface area contributed by atoms with E-state index < -0.39 is 0 Å². The van der Waals surface area contributed by atoms with Gasteiger partial charge in [0.1, 0.15) is 0 Å².